The smallest absolute Gasteiger partial charge is 0.218 e. The molecule has 0 aromatic heterocycles. The first-order chi connectivity index (χ1) is 36.2. The first-order valence-electron chi connectivity index (χ1n) is 23.1. The summed E-state index contributed by atoms with van der Waals surface area (Å²) in [5, 5.41) is 284. The van der Waals surface area contributed by atoms with Gasteiger partial charge in [-0.2, -0.15) is 0 Å². The summed E-state index contributed by atoms with van der Waals surface area (Å²) in [6.45, 7) is -6.98. The molecule has 19 atom stereocenters. The summed E-state index contributed by atoms with van der Waals surface area (Å²) in [7, 11) is 0. The van der Waals surface area contributed by atoms with E-state index in [4.69, 9.17) is 37.9 Å². The van der Waals surface area contributed by atoms with Gasteiger partial charge in [-0.05, 0) is 6.42 Å². The Morgan fingerprint density at radius 2 is 0.545 bits per heavy atom. The quantitative estimate of drug-likeness (QED) is 0.0815. The van der Waals surface area contributed by atoms with Crippen LogP contribution in [-0.2, 0) is 37.9 Å². The Morgan fingerprint density at radius 3 is 0.831 bits per heavy atom. The van der Waals surface area contributed by atoms with Crippen molar-refractivity contribution in [1.29, 1.82) is 0 Å². The molecule has 0 amide bonds. The maximum Gasteiger partial charge on any atom is 0.218 e. The fraction of sp³-hybridized carbons (Fsp3) is 0.762. The molecule has 0 aromatic rings. The number of fused-ring (bicyclic) bond motifs is 27. The molecule has 77 heavy (non-hydrogen) atoms. The average molecular weight is 1140 g/mol. The minimum atomic E-state index is -2.86. The van der Waals surface area contributed by atoms with Gasteiger partial charge in [0, 0.05) is 71.7 Å². The van der Waals surface area contributed by atoms with E-state index in [0.29, 0.717) is 0 Å². The van der Waals surface area contributed by atoms with Gasteiger partial charge in [-0.25, -0.2) is 0 Å². The second-order valence-electron chi connectivity index (χ2n) is 16.7. The molecule has 0 aliphatic carbocycles. The van der Waals surface area contributed by atoms with E-state index >= 15 is 0 Å². The highest BCUT2D eigenvalue weighted by atomic mass is 16.7. The summed E-state index contributed by atoms with van der Waals surface area (Å²) < 4.78 is 41.2. The number of hydrogen-bond donors (Lipinski definition) is 27. The van der Waals surface area contributed by atoms with Crippen molar-refractivity contribution in [2.75, 3.05) is 46.2 Å². The van der Waals surface area contributed by atoms with Crippen LogP contribution in [0.3, 0.4) is 0 Å². The topological polar surface area (TPSA) is 620 Å². The molecule has 35 nitrogen and oxygen atoms in total. The average Bonchev–Trinajstić information content (AvgIpc) is 3.40. The van der Waals surface area contributed by atoms with Gasteiger partial charge >= 0.3 is 0 Å². The zero-order valence-corrected chi connectivity index (χ0v) is 40.5. The number of aliphatic hydroxyl groups excluding tert-OH is 27. The van der Waals surface area contributed by atoms with E-state index < -0.39 is 260 Å². The van der Waals surface area contributed by atoms with E-state index in [2.05, 4.69) is 0 Å². The van der Waals surface area contributed by atoms with Crippen LogP contribution in [0.25, 0.3) is 0 Å². The fourth-order valence-electron chi connectivity index (χ4n) is 7.07. The molecule has 3 aliphatic rings. The molecule has 1 saturated heterocycles. The highest BCUT2D eigenvalue weighted by Crippen LogP contribution is 2.31. The number of rotatable bonds is 13. The second-order valence-corrected chi connectivity index (χ2v) is 16.7. The zero-order chi connectivity index (χ0) is 58.6. The molecule has 0 aromatic carbocycles. The largest absolute Gasteiger partial charge is 0.506 e. The van der Waals surface area contributed by atoms with Crippen molar-refractivity contribution >= 4 is 0 Å². The predicted molar refractivity (Wildman–Crippen MR) is 242 cm³/mol. The van der Waals surface area contributed by atoms with Crippen LogP contribution in [0.4, 0.5) is 0 Å². The molecule has 3 aliphatic heterocycles. The molecule has 27 N–H and O–H groups in total. The third kappa shape index (κ3) is 18.9. The summed E-state index contributed by atoms with van der Waals surface area (Å²) in [6, 6.07) is 0. The molecular formula is C42H72O35. The van der Waals surface area contributed by atoms with Gasteiger partial charge in [0.05, 0.1) is 12.7 Å². The molecule has 35 heteroatoms. The highest BCUT2D eigenvalue weighted by molar-refractivity contribution is 5.14. The van der Waals surface area contributed by atoms with Crippen LogP contribution >= 0.6 is 0 Å². The van der Waals surface area contributed by atoms with Crippen LogP contribution in [0.5, 0.6) is 0 Å². The third-order valence-electron chi connectivity index (χ3n) is 11.3. The lowest BCUT2D eigenvalue weighted by Gasteiger charge is -2.43. The van der Waals surface area contributed by atoms with Gasteiger partial charge < -0.3 is 176 Å². The van der Waals surface area contributed by atoms with Gasteiger partial charge in [-0.1, -0.05) is 0 Å². The lowest BCUT2D eigenvalue weighted by molar-refractivity contribution is -0.340. The summed E-state index contributed by atoms with van der Waals surface area (Å²) in [5.74, 6) is -15.9. The first kappa shape index (κ1) is 68.8. The van der Waals surface area contributed by atoms with E-state index in [0.717, 1.165) is 0 Å². The van der Waals surface area contributed by atoms with E-state index in [1.807, 2.05) is 0 Å². The maximum atomic E-state index is 11.0. The molecule has 0 radical (unpaired) electrons. The van der Waals surface area contributed by atoms with Crippen molar-refractivity contribution in [3.63, 3.8) is 0 Å². The van der Waals surface area contributed by atoms with Crippen LogP contribution < -0.4 is 0 Å². The molecular weight excluding hydrogens is 1060 g/mol. The van der Waals surface area contributed by atoms with Crippen LogP contribution in [0, 0.1) is 0 Å². The maximum absolute atomic E-state index is 11.0. The Morgan fingerprint density at radius 1 is 0.260 bits per heavy atom. The molecule has 0 spiro atoms. The van der Waals surface area contributed by atoms with Gasteiger partial charge in [0.25, 0.3) is 0 Å². The van der Waals surface area contributed by atoms with Crippen molar-refractivity contribution in [2.45, 2.75) is 156 Å². The van der Waals surface area contributed by atoms with Crippen molar-refractivity contribution in [3.05, 3.63) is 57.6 Å². The van der Waals surface area contributed by atoms with Crippen LogP contribution in [0.1, 0.15) is 38.5 Å². The zero-order valence-electron chi connectivity index (χ0n) is 40.5. The summed E-state index contributed by atoms with van der Waals surface area (Å²) in [6.07, 6.45) is -50.8. The van der Waals surface area contributed by atoms with Crippen molar-refractivity contribution in [2.24, 2.45) is 0 Å². The molecule has 3 heterocycles. The molecule has 1 fully saturated rings. The third-order valence-corrected chi connectivity index (χ3v) is 11.3. The summed E-state index contributed by atoms with van der Waals surface area (Å²) in [4.78, 5) is 0. The Kier molecular flexibility index (Phi) is 29.8. The highest BCUT2D eigenvalue weighted by Gasteiger charge is 2.49. The fourth-order valence-corrected chi connectivity index (χ4v) is 7.07. The molecule has 2 bridgehead atoms. The predicted octanol–water partition coefficient (Wildman–Crippen LogP) is -7.30. The van der Waals surface area contributed by atoms with Gasteiger partial charge in [0.2, 0.25) is 31.5 Å². The monoisotopic (exact) mass is 1140 g/mol. The number of ether oxygens (including phenoxy) is 8. The lowest BCUT2D eigenvalue weighted by Crippen LogP contribution is -2.62. The first-order valence-corrected chi connectivity index (χ1v) is 23.1. The Hall–Kier alpha value is -4.30. The minimum absolute atomic E-state index is 0.756. The van der Waals surface area contributed by atoms with Gasteiger partial charge in [0.1, 0.15) is 67.1 Å². The molecule has 19 unspecified atom stereocenters. The van der Waals surface area contributed by atoms with Gasteiger partial charge in [-0.3, -0.25) is 0 Å². The molecule has 0 saturated carbocycles. The van der Waals surface area contributed by atoms with Crippen molar-refractivity contribution < 1.29 is 176 Å². The Bertz CT molecular complexity index is 1910. The minimum Gasteiger partial charge on any atom is -0.506 e. The van der Waals surface area contributed by atoms with Crippen LogP contribution in [0.15, 0.2) is 57.6 Å². The number of hydrogen-bond acceptors (Lipinski definition) is 35. The molecule has 450 valence electrons. The molecule has 3 rings (SSSR count). The van der Waals surface area contributed by atoms with E-state index in [-0.39, 0.29) is 0 Å². The van der Waals surface area contributed by atoms with E-state index in [9.17, 15) is 138 Å². The summed E-state index contributed by atoms with van der Waals surface area (Å²) in [5.41, 5.74) is 0. The Labute approximate surface area is 435 Å². The normalized spacial score (nSPS) is 40.5. The Balaban J connectivity index is 2.83. The van der Waals surface area contributed by atoms with Crippen LogP contribution in [-0.4, -0.2) is 301 Å². The van der Waals surface area contributed by atoms with E-state index in [1.165, 1.54) is 0 Å². The van der Waals surface area contributed by atoms with Crippen LogP contribution in [0.2, 0.25) is 0 Å². The van der Waals surface area contributed by atoms with Crippen molar-refractivity contribution in [1.82, 2.24) is 0 Å². The van der Waals surface area contributed by atoms with E-state index in [1.54, 1.807) is 0 Å². The second kappa shape index (κ2) is 33.3. The lowest BCUT2D eigenvalue weighted by atomic mass is 9.98. The van der Waals surface area contributed by atoms with Gasteiger partial charge in [-0.15, -0.1) is 0 Å². The van der Waals surface area contributed by atoms with Crippen molar-refractivity contribution in [3.8, 4) is 0 Å². The van der Waals surface area contributed by atoms with Gasteiger partial charge in [0.15, 0.2) is 70.2 Å². The number of aliphatic hydroxyl groups is 27. The standard InChI is InChI=1S/C42H72O35/c43-7-1-14-21(50)29(58)37(65)72-16(3-9-45)23(52)31(60)39(67)74-18(5-11-47)25(54)33(62)41(69)77-35-20(13-49)76-42(34(63)27(35)56)75-19(6-12-48)26(55)32(61)40(68)73-17(4-10-46)24(53)30(59)38(66)71-15(2-8-44)22(51)28(57)36(64)70-14/h14-20,25,27,33-69H,1-13H2/b28-22+,29-21+,30-24+,31-23?,32-26+. The SMILES string of the molecule is OCCC1OC(O)/C(O)=C(\O)C(CCO)OC(O)/C(O)=C(\O)C(CCO)OC(O)/C(O)=C(\O)C(CCO)OC(O)/C(O)=C(\O)C(CCO)OC2OC(CO)C(OC(O)C(O)C(O)C(CCO)OC(O)C(O)=C1O)C(O)C2O. The summed E-state index contributed by atoms with van der Waals surface area (Å²) >= 11 is 0.